The standard InChI is InChI=1S/C13H20NO5P/c1-2-19-20(17,18)10-6-9-13(15)14(16)11-12-7-4-3-5-8-12/h3-5,7-8,16H,2,6,9-11H2,1H3,(H,17,18). The van der Waals surface area contributed by atoms with Gasteiger partial charge in [0.25, 0.3) is 0 Å². The Hall–Kier alpha value is -1.20. The van der Waals surface area contributed by atoms with Gasteiger partial charge in [0.1, 0.15) is 0 Å². The highest BCUT2D eigenvalue weighted by atomic mass is 31.2. The van der Waals surface area contributed by atoms with Crippen LogP contribution < -0.4 is 0 Å². The first-order valence-electron chi connectivity index (χ1n) is 6.44. The first kappa shape index (κ1) is 16.9. The molecule has 1 aromatic rings. The molecule has 0 bridgehead atoms. The lowest BCUT2D eigenvalue weighted by Crippen LogP contribution is -2.26. The molecule has 0 aromatic heterocycles. The average molecular weight is 301 g/mol. The van der Waals surface area contributed by atoms with Crippen LogP contribution in [-0.4, -0.2) is 33.8 Å². The molecule has 0 radical (unpaired) electrons. The van der Waals surface area contributed by atoms with Crippen LogP contribution in [0.25, 0.3) is 0 Å². The van der Waals surface area contributed by atoms with Gasteiger partial charge in [-0.1, -0.05) is 30.3 Å². The molecule has 1 amide bonds. The molecule has 0 fully saturated rings. The Morgan fingerprint density at radius 3 is 2.60 bits per heavy atom. The minimum Gasteiger partial charge on any atom is -0.324 e. The summed E-state index contributed by atoms with van der Waals surface area (Å²) in [5.74, 6) is -0.481. The fourth-order valence-corrected chi connectivity index (χ4v) is 2.76. The van der Waals surface area contributed by atoms with Gasteiger partial charge in [0.15, 0.2) is 0 Å². The van der Waals surface area contributed by atoms with Crippen LogP contribution in [0.5, 0.6) is 0 Å². The Balaban J connectivity index is 2.34. The number of carbonyl (C=O) groups is 1. The Bertz CT molecular complexity index is 465. The number of hydroxylamine groups is 2. The van der Waals surface area contributed by atoms with Gasteiger partial charge in [-0.05, 0) is 18.9 Å². The predicted octanol–water partition coefficient (Wildman–Crippen LogP) is 2.41. The summed E-state index contributed by atoms with van der Waals surface area (Å²) >= 11 is 0. The summed E-state index contributed by atoms with van der Waals surface area (Å²) in [6, 6.07) is 9.08. The van der Waals surface area contributed by atoms with Crippen LogP contribution in [-0.2, 0) is 20.4 Å². The Labute approximate surface area is 118 Å². The van der Waals surface area contributed by atoms with Gasteiger partial charge in [-0.25, -0.2) is 5.06 Å². The second-order valence-electron chi connectivity index (χ2n) is 4.32. The normalized spacial score (nSPS) is 13.8. The highest BCUT2D eigenvalue weighted by Crippen LogP contribution is 2.42. The molecule has 0 heterocycles. The quantitative estimate of drug-likeness (QED) is 0.437. The third-order valence-electron chi connectivity index (χ3n) is 2.63. The number of amides is 1. The van der Waals surface area contributed by atoms with E-state index < -0.39 is 13.5 Å². The molecule has 2 N–H and O–H groups in total. The minimum absolute atomic E-state index is 0.000950. The predicted molar refractivity (Wildman–Crippen MR) is 74.3 cm³/mol. The maximum atomic E-state index is 11.7. The molecule has 7 heteroatoms. The molecule has 0 spiro atoms. The van der Waals surface area contributed by atoms with Crippen LogP contribution in [0.4, 0.5) is 0 Å². The van der Waals surface area contributed by atoms with E-state index in [2.05, 4.69) is 0 Å². The number of carbonyl (C=O) groups excluding carboxylic acids is 1. The third-order valence-corrected chi connectivity index (χ3v) is 4.17. The van der Waals surface area contributed by atoms with Crippen LogP contribution in [0.3, 0.4) is 0 Å². The molecule has 20 heavy (non-hydrogen) atoms. The van der Waals surface area contributed by atoms with Crippen LogP contribution in [0.15, 0.2) is 30.3 Å². The van der Waals surface area contributed by atoms with E-state index in [1.54, 1.807) is 19.1 Å². The molecule has 1 unspecified atom stereocenters. The number of hydrogen-bond acceptors (Lipinski definition) is 4. The van der Waals surface area contributed by atoms with Crippen molar-refractivity contribution in [3.8, 4) is 0 Å². The fraction of sp³-hybridized carbons (Fsp3) is 0.462. The van der Waals surface area contributed by atoms with Gasteiger partial charge in [-0.3, -0.25) is 14.6 Å². The molecule has 0 aliphatic heterocycles. The summed E-state index contributed by atoms with van der Waals surface area (Å²) in [5, 5.41) is 10.2. The van der Waals surface area contributed by atoms with Gasteiger partial charge in [-0.2, -0.15) is 0 Å². The Morgan fingerprint density at radius 1 is 1.35 bits per heavy atom. The maximum Gasteiger partial charge on any atom is 0.328 e. The van der Waals surface area contributed by atoms with Crippen LogP contribution >= 0.6 is 7.60 Å². The molecule has 0 aliphatic carbocycles. The highest BCUT2D eigenvalue weighted by molar-refractivity contribution is 7.52. The summed E-state index contributed by atoms with van der Waals surface area (Å²) in [5.41, 5.74) is 0.811. The van der Waals surface area contributed by atoms with Gasteiger partial charge in [-0.15, -0.1) is 0 Å². The van der Waals surface area contributed by atoms with Crippen molar-refractivity contribution in [2.75, 3.05) is 12.8 Å². The van der Waals surface area contributed by atoms with Gasteiger partial charge < -0.3 is 9.42 Å². The molecule has 0 aliphatic rings. The van der Waals surface area contributed by atoms with E-state index >= 15 is 0 Å². The number of nitrogens with zero attached hydrogens (tertiary/aromatic N) is 1. The van der Waals surface area contributed by atoms with Gasteiger partial charge >= 0.3 is 7.60 Å². The van der Waals surface area contributed by atoms with Crippen LogP contribution in [0.2, 0.25) is 0 Å². The summed E-state index contributed by atoms with van der Waals surface area (Å²) in [4.78, 5) is 21.0. The topological polar surface area (TPSA) is 87.1 Å². The largest absolute Gasteiger partial charge is 0.328 e. The number of benzene rings is 1. The lowest BCUT2D eigenvalue weighted by atomic mass is 10.2. The zero-order valence-electron chi connectivity index (χ0n) is 11.4. The van der Waals surface area contributed by atoms with E-state index in [0.29, 0.717) is 5.06 Å². The maximum absolute atomic E-state index is 11.7. The van der Waals surface area contributed by atoms with Crippen molar-refractivity contribution in [1.82, 2.24) is 5.06 Å². The SMILES string of the molecule is CCOP(=O)(O)CCCC(=O)N(O)Cc1ccccc1. The van der Waals surface area contributed by atoms with E-state index in [-0.39, 0.29) is 32.2 Å². The molecule has 6 nitrogen and oxygen atoms in total. The molecule has 1 atom stereocenters. The van der Waals surface area contributed by atoms with Crippen molar-refractivity contribution in [2.24, 2.45) is 0 Å². The van der Waals surface area contributed by atoms with Crippen molar-refractivity contribution in [1.29, 1.82) is 0 Å². The number of rotatable bonds is 8. The summed E-state index contributed by atoms with van der Waals surface area (Å²) in [6.45, 7) is 1.88. The first-order valence-corrected chi connectivity index (χ1v) is 8.20. The zero-order chi connectivity index (χ0) is 15.0. The molecular weight excluding hydrogens is 281 g/mol. The smallest absolute Gasteiger partial charge is 0.324 e. The lowest BCUT2D eigenvalue weighted by Gasteiger charge is -2.15. The van der Waals surface area contributed by atoms with Crippen LogP contribution in [0, 0.1) is 0 Å². The second kappa shape index (κ2) is 8.17. The van der Waals surface area contributed by atoms with E-state index in [0.717, 1.165) is 5.56 Å². The first-order chi connectivity index (χ1) is 9.44. The third kappa shape index (κ3) is 6.30. The van der Waals surface area contributed by atoms with E-state index in [4.69, 9.17) is 4.52 Å². The van der Waals surface area contributed by atoms with Crippen molar-refractivity contribution in [2.45, 2.75) is 26.3 Å². The lowest BCUT2D eigenvalue weighted by molar-refractivity contribution is -0.168. The molecular formula is C13H20NO5P. The van der Waals surface area contributed by atoms with Crippen molar-refractivity contribution in [3.05, 3.63) is 35.9 Å². The average Bonchev–Trinajstić information content (AvgIpc) is 2.39. The van der Waals surface area contributed by atoms with Gasteiger partial charge in [0.05, 0.1) is 19.3 Å². The Kier molecular flexibility index (Phi) is 6.88. The highest BCUT2D eigenvalue weighted by Gasteiger charge is 2.19. The minimum atomic E-state index is -3.60. The summed E-state index contributed by atoms with van der Waals surface area (Å²) < 4.78 is 16.1. The van der Waals surface area contributed by atoms with Gasteiger partial charge in [0.2, 0.25) is 5.91 Å². The molecule has 1 aromatic carbocycles. The van der Waals surface area contributed by atoms with E-state index in [1.807, 2.05) is 18.2 Å². The molecule has 0 saturated carbocycles. The monoisotopic (exact) mass is 301 g/mol. The van der Waals surface area contributed by atoms with Crippen molar-refractivity contribution < 1.29 is 24.0 Å². The molecule has 112 valence electrons. The van der Waals surface area contributed by atoms with Crippen LogP contribution in [0.1, 0.15) is 25.3 Å². The fourth-order valence-electron chi connectivity index (χ4n) is 1.67. The molecule has 0 saturated heterocycles. The van der Waals surface area contributed by atoms with Crippen molar-refractivity contribution >= 4 is 13.5 Å². The Morgan fingerprint density at radius 2 is 2.00 bits per heavy atom. The van der Waals surface area contributed by atoms with E-state index in [1.165, 1.54) is 0 Å². The van der Waals surface area contributed by atoms with Crippen molar-refractivity contribution in [3.63, 3.8) is 0 Å². The van der Waals surface area contributed by atoms with E-state index in [9.17, 15) is 19.5 Å². The van der Waals surface area contributed by atoms with Gasteiger partial charge in [0, 0.05) is 6.42 Å². The summed E-state index contributed by atoms with van der Waals surface area (Å²) in [7, 11) is -3.60. The zero-order valence-corrected chi connectivity index (χ0v) is 12.3. The second-order valence-corrected chi connectivity index (χ2v) is 6.30. The summed E-state index contributed by atoms with van der Waals surface area (Å²) in [6.07, 6.45) is 0.102. The number of hydrogen-bond donors (Lipinski definition) is 2. The molecule has 1 rings (SSSR count).